The Labute approximate surface area is 128 Å². The zero-order chi connectivity index (χ0) is 14.7. The van der Waals surface area contributed by atoms with Crippen molar-refractivity contribution in [1.82, 2.24) is 5.32 Å². The summed E-state index contributed by atoms with van der Waals surface area (Å²) in [5.41, 5.74) is -0.153. The van der Waals surface area contributed by atoms with Crippen LogP contribution in [0.1, 0.15) is 19.8 Å². The van der Waals surface area contributed by atoms with E-state index >= 15 is 0 Å². The van der Waals surface area contributed by atoms with E-state index in [-0.39, 0.29) is 41.7 Å². The van der Waals surface area contributed by atoms with Crippen LogP contribution in [0.5, 0.6) is 5.75 Å². The molecule has 1 aliphatic heterocycles. The fourth-order valence-electron chi connectivity index (χ4n) is 2.39. The van der Waals surface area contributed by atoms with Gasteiger partial charge in [0.15, 0.2) is 17.4 Å². The van der Waals surface area contributed by atoms with Gasteiger partial charge in [-0.1, -0.05) is 0 Å². The summed E-state index contributed by atoms with van der Waals surface area (Å²) in [6.07, 6.45) is 1.38. The van der Waals surface area contributed by atoms with Gasteiger partial charge in [-0.15, -0.1) is 12.4 Å². The van der Waals surface area contributed by atoms with E-state index in [2.05, 4.69) is 15.4 Å². The number of ether oxygens (including phenoxy) is 1. The van der Waals surface area contributed by atoms with E-state index < -0.39 is 11.6 Å². The maximum atomic E-state index is 13.7. The van der Waals surface area contributed by atoms with E-state index in [1.165, 1.54) is 7.11 Å². The minimum atomic E-state index is -0.710. The molecule has 0 bridgehead atoms. The number of rotatable bonds is 3. The molecule has 0 aliphatic carbocycles. The molecule has 2 N–H and O–H groups in total. The molecule has 0 spiro atoms. The van der Waals surface area contributed by atoms with Crippen molar-refractivity contribution in [1.29, 1.82) is 0 Å². The van der Waals surface area contributed by atoms with Crippen LogP contribution in [0.2, 0.25) is 0 Å². The van der Waals surface area contributed by atoms with Gasteiger partial charge in [-0.05, 0) is 26.3 Å². The van der Waals surface area contributed by atoms with Gasteiger partial charge in [0.2, 0.25) is 5.91 Å². The van der Waals surface area contributed by atoms with Gasteiger partial charge in [-0.25, -0.2) is 8.78 Å². The number of carbonyl (C=O) groups excluding carboxylic acids is 1. The summed E-state index contributed by atoms with van der Waals surface area (Å²) in [6, 6.07) is 2.11. The Morgan fingerprint density at radius 2 is 2.10 bits per heavy atom. The summed E-state index contributed by atoms with van der Waals surface area (Å²) in [7, 11) is 1.26. The minimum Gasteiger partial charge on any atom is -0.494 e. The lowest BCUT2D eigenvalue weighted by atomic mass is 9.92. The Balaban J connectivity index is 0.00000220. The molecular formula is C14H19ClF2N2O2. The van der Waals surface area contributed by atoms with E-state index in [1.54, 1.807) is 0 Å². The van der Waals surface area contributed by atoms with Gasteiger partial charge in [-0.2, -0.15) is 0 Å². The zero-order valence-electron chi connectivity index (χ0n) is 11.9. The molecule has 2 atom stereocenters. The average Bonchev–Trinajstić information content (AvgIpc) is 2.42. The lowest BCUT2D eigenvalue weighted by molar-refractivity contribution is -0.120. The summed E-state index contributed by atoms with van der Waals surface area (Å²) in [5, 5.41) is 5.69. The third-order valence-electron chi connectivity index (χ3n) is 3.49. The molecule has 2 rings (SSSR count). The predicted octanol–water partition coefficient (Wildman–Crippen LogP) is 2.72. The Bertz CT molecular complexity index is 514. The van der Waals surface area contributed by atoms with Crippen molar-refractivity contribution in [3.63, 3.8) is 0 Å². The highest BCUT2D eigenvalue weighted by Crippen LogP contribution is 2.26. The molecule has 7 heteroatoms. The van der Waals surface area contributed by atoms with Gasteiger partial charge in [0, 0.05) is 24.1 Å². The summed E-state index contributed by atoms with van der Waals surface area (Å²) in [4.78, 5) is 12.1. The maximum absolute atomic E-state index is 13.7. The third-order valence-corrected chi connectivity index (χ3v) is 3.49. The van der Waals surface area contributed by atoms with Crippen molar-refractivity contribution >= 4 is 24.0 Å². The molecule has 1 aromatic carbocycles. The molecule has 0 radical (unpaired) electrons. The molecule has 0 aromatic heterocycles. The first-order valence-electron chi connectivity index (χ1n) is 6.58. The smallest absolute Gasteiger partial charge is 0.227 e. The number of halogens is 3. The monoisotopic (exact) mass is 320 g/mol. The number of piperidine rings is 1. The van der Waals surface area contributed by atoms with Crippen molar-refractivity contribution in [2.24, 2.45) is 5.92 Å². The second kappa shape index (κ2) is 7.56. The SMILES string of the molecule is COc1cc(F)c(NC(=O)[C@H]2CCN[C@@H](C)C2)cc1F.Cl. The van der Waals surface area contributed by atoms with Crippen LogP contribution in [0.4, 0.5) is 14.5 Å². The Morgan fingerprint density at radius 1 is 1.38 bits per heavy atom. The molecule has 4 nitrogen and oxygen atoms in total. The average molecular weight is 321 g/mol. The highest BCUT2D eigenvalue weighted by molar-refractivity contribution is 5.92. The van der Waals surface area contributed by atoms with Crippen molar-refractivity contribution in [2.45, 2.75) is 25.8 Å². The predicted molar refractivity (Wildman–Crippen MR) is 79.0 cm³/mol. The van der Waals surface area contributed by atoms with Crippen LogP contribution in [-0.2, 0) is 4.79 Å². The second-order valence-corrected chi connectivity index (χ2v) is 5.03. The van der Waals surface area contributed by atoms with Gasteiger partial charge < -0.3 is 15.4 Å². The van der Waals surface area contributed by atoms with Gasteiger partial charge in [0.05, 0.1) is 12.8 Å². The highest BCUT2D eigenvalue weighted by Gasteiger charge is 2.25. The van der Waals surface area contributed by atoms with E-state index in [0.29, 0.717) is 12.8 Å². The Morgan fingerprint density at radius 3 is 2.71 bits per heavy atom. The molecule has 21 heavy (non-hydrogen) atoms. The third kappa shape index (κ3) is 4.28. The van der Waals surface area contributed by atoms with Crippen molar-refractivity contribution < 1.29 is 18.3 Å². The molecule has 1 fully saturated rings. The summed E-state index contributed by atoms with van der Waals surface area (Å²) < 4.78 is 32.0. The van der Waals surface area contributed by atoms with Gasteiger partial charge in [0.1, 0.15) is 0 Å². The largest absolute Gasteiger partial charge is 0.494 e. The standard InChI is InChI=1S/C14H18F2N2O2.ClH/c1-8-5-9(3-4-17-8)14(19)18-12-6-11(16)13(20-2)7-10(12)15;/h6-9,17H,3-5H2,1-2H3,(H,18,19);1H/t8-,9-;/m0./s1. The Kier molecular flexibility index (Phi) is 6.36. The van der Waals surface area contributed by atoms with E-state index in [1.807, 2.05) is 6.92 Å². The fourth-order valence-corrected chi connectivity index (χ4v) is 2.39. The van der Waals surface area contributed by atoms with Crippen LogP contribution in [-0.4, -0.2) is 25.6 Å². The molecule has 0 saturated carbocycles. The summed E-state index contributed by atoms with van der Waals surface area (Å²) >= 11 is 0. The molecular weight excluding hydrogens is 302 g/mol. The second-order valence-electron chi connectivity index (χ2n) is 5.03. The quantitative estimate of drug-likeness (QED) is 0.900. The summed E-state index contributed by atoms with van der Waals surface area (Å²) in [5.74, 6) is -2.06. The first-order chi connectivity index (χ1) is 9.51. The van der Waals surface area contributed by atoms with Crippen molar-refractivity contribution in [2.75, 3.05) is 19.0 Å². The highest BCUT2D eigenvalue weighted by atomic mass is 35.5. The number of hydrogen-bond donors (Lipinski definition) is 2. The Hall–Kier alpha value is -1.40. The molecule has 1 aromatic rings. The minimum absolute atomic E-state index is 0. The molecule has 118 valence electrons. The van der Waals surface area contributed by atoms with Crippen molar-refractivity contribution in [3.8, 4) is 5.75 Å². The normalized spacial score (nSPS) is 21.3. The number of anilines is 1. The first-order valence-corrected chi connectivity index (χ1v) is 6.58. The van der Waals surface area contributed by atoms with Crippen LogP contribution < -0.4 is 15.4 Å². The number of carbonyl (C=O) groups is 1. The van der Waals surface area contributed by atoms with Crippen LogP contribution >= 0.6 is 12.4 Å². The van der Waals surface area contributed by atoms with Crippen LogP contribution in [0.3, 0.4) is 0 Å². The summed E-state index contributed by atoms with van der Waals surface area (Å²) in [6.45, 7) is 2.74. The van der Waals surface area contributed by atoms with Crippen LogP contribution in [0.15, 0.2) is 12.1 Å². The number of nitrogens with one attached hydrogen (secondary N) is 2. The lowest BCUT2D eigenvalue weighted by Crippen LogP contribution is -2.40. The fraction of sp³-hybridized carbons (Fsp3) is 0.500. The van der Waals surface area contributed by atoms with Crippen LogP contribution in [0, 0.1) is 17.6 Å². The van der Waals surface area contributed by atoms with Gasteiger partial charge >= 0.3 is 0 Å². The topological polar surface area (TPSA) is 50.4 Å². The zero-order valence-corrected chi connectivity index (χ0v) is 12.7. The number of benzene rings is 1. The number of hydrogen-bond acceptors (Lipinski definition) is 3. The molecule has 1 heterocycles. The molecule has 0 unspecified atom stereocenters. The molecule has 1 saturated heterocycles. The molecule has 1 amide bonds. The van der Waals surface area contributed by atoms with Crippen molar-refractivity contribution in [3.05, 3.63) is 23.8 Å². The van der Waals surface area contributed by atoms with Gasteiger partial charge in [0.25, 0.3) is 0 Å². The first kappa shape index (κ1) is 17.7. The van der Waals surface area contributed by atoms with Crippen LogP contribution in [0.25, 0.3) is 0 Å². The number of methoxy groups -OCH3 is 1. The molecule has 1 aliphatic rings. The van der Waals surface area contributed by atoms with E-state index in [0.717, 1.165) is 18.7 Å². The van der Waals surface area contributed by atoms with Gasteiger partial charge in [-0.3, -0.25) is 4.79 Å². The van der Waals surface area contributed by atoms with E-state index in [4.69, 9.17) is 0 Å². The maximum Gasteiger partial charge on any atom is 0.227 e. The van der Waals surface area contributed by atoms with E-state index in [9.17, 15) is 13.6 Å². The number of amides is 1. The lowest BCUT2D eigenvalue weighted by Gasteiger charge is -2.27.